The van der Waals surface area contributed by atoms with E-state index in [0.717, 1.165) is 27.5 Å². The van der Waals surface area contributed by atoms with Crippen LogP contribution < -0.4 is 16.0 Å². The minimum absolute atomic E-state index is 0.0328. The van der Waals surface area contributed by atoms with Gasteiger partial charge >= 0.3 is 5.63 Å². The van der Waals surface area contributed by atoms with Crippen LogP contribution >= 0.6 is 0 Å². The quantitative estimate of drug-likeness (QED) is 0.645. The van der Waals surface area contributed by atoms with E-state index >= 15 is 0 Å². The van der Waals surface area contributed by atoms with E-state index in [1.807, 2.05) is 19.9 Å². The maximum atomic E-state index is 12.6. The van der Waals surface area contributed by atoms with Crippen molar-refractivity contribution >= 4 is 33.8 Å². The second-order valence-corrected chi connectivity index (χ2v) is 8.76. The van der Waals surface area contributed by atoms with Crippen molar-refractivity contribution in [3.8, 4) is 0 Å². The van der Waals surface area contributed by atoms with Gasteiger partial charge in [0.25, 0.3) is 0 Å². The van der Waals surface area contributed by atoms with Gasteiger partial charge in [-0.2, -0.15) is 0 Å². The van der Waals surface area contributed by atoms with E-state index in [2.05, 4.69) is 26.1 Å². The third kappa shape index (κ3) is 3.84. The van der Waals surface area contributed by atoms with E-state index < -0.39 is 23.5 Å². The molecule has 1 aromatic carbocycles. The van der Waals surface area contributed by atoms with Crippen LogP contribution in [0.1, 0.15) is 56.4 Å². The molecule has 0 saturated carbocycles. The average molecular weight is 412 g/mol. The summed E-state index contributed by atoms with van der Waals surface area (Å²) in [5.41, 5.74) is 3.50. The molecule has 0 aliphatic heterocycles. The Balaban J connectivity index is 2.05. The van der Waals surface area contributed by atoms with Crippen LogP contribution in [0.25, 0.3) is 21.9 Å². The fourth-order valence-corrected chi connectivity index (χ4v) is 3.68. The molecule has 7 nitrogen and oxygen atoms in total. The van der Waals surface area contributed by atoms with Crippen LogP contribution in [-0.2, 0) is 21.4 Å². The number of carbonyl (C=O) groups is 2. The fraction of sp³-hybridized carbons (Fsp3) is 0.435. The summed E-state index contributed by atoms with van der Waals surface area (Å²) < 4.78 is 11.4. The predicted octanol–water partition coefficient (Wildman–Crippen LogP) is 2.64. The van der Waals surface area contributed by atoms with E-state index in [-0.39, 0.29) is 18.3 Å². The molecular weight excluding hydrogens is 386 g/mol. The second-order valence-electron chi connectivity index (χ2n) is 8.76. The number of amides is 1. The molecule has 1 atom stereocenters. The highest BCUT2D eigenvalue weighted by atomic mass is 16.4. The minimum Gasteiger partial charge on any atom is -0.548 e. The van der Waals surface area contributed by atoms with Gasteiger partial charge in [-0.1, -0.05) is 20.8 Å². The number of hydrogen-bond donors (Lipinski definition) is 1. The smallest absolute Gasteiger partial charge is 0.339 e. The van der Waals surface area contributed by atoms with Crippen molar-refractivity contribution in [2.24, 2.45) is 0 Å². The lowest BCUT2D eigenvalue weighted by molar-refractivity contribution is -0.307. The van der Waals surface area contributed by atoms with Gasteiger partial charge in [0.05, 0.1) is 18.3 Å². The van der Waals surface area contributed by atoms with Gasteiger partial charge in [-0.3, -0.25) is 4.79 Å². The Kier molecular flexibility index (Phi) is 5.50. The number of carbonyl (C=O) groups excluding carboxylic acids is 2. The molecule has 2 heterocycles. The molecule has 1 amide bonds. The molecule has 0 radical (unpaired) electrons. The van der Waals surface area contributed by atoms with Crippen molar-refractivity contribution in [1.29, 1.82) is 0 Å². The predicted molar refractivity (Wildman–Crippen MR) is 111 cm³/mol. The fourth-order valence-electron chi connectivity index (χ4n) is 3.68. The minimum atomic E-state index is -1.36. The number of nitrogens with one attached hydrogen (secondary N) is 1. The molecule has 0 saturated heterocycles. The first kappa shape index (κ1) is 21.6. The van der Waals surface area contributed by atoms with Crippen LogP contribution in [0.2, 0.25) is 0 Å². The first-order chi connectivity index (χ1) is 13.9. The summed E-state index contributed by atoms with van der Waals surface area (Å²) in [7, 11) is 0. The number of aliphatic carboxylic acids is 1. The Morgan fingerprint density at radius 2 is 1.80 bits per heavy atom. The van der Waals surface area contributed by atoms with E-state index in [0.29, 0.717) is 16.7 Å². The van der Waals surface area contributed by atoms with Crippen LogP contribution in [0.15, 0.2) is 26.0 Å². The van der Waals surface area contributed by atoms with Crippen LogP contribution in [0.4, 0.5) is 0 Å². The summed E-state index contributed by atoms with van der Waals surface area (Å²) in [6, 6.07) is 0.876. The second kappa shape index (κ2) is 7.63. The highest BCUT2D eigenvalue weighted by Crippen LogP contribution is 2.37. The van der Waals surface area contributed by atoms with Gasteiger partial charge in [-0.15, -0.1) is 0 Å². The van der Waals surface area contributed by atoms with Crippen molar-refractivity contribution in [2.45, 2.75) is 65.8 Å². The number of benzene rings is 1. The normalized spacial score (nSPS) is 13.0. The van der Waals surface area contributed by atoms with Crippen LogP contribution in [-0.4, -0.2) is 17.9 Å². The summed E-state index contributed by atoms with van der Waals surface area (Å²) in [5, 5.41) is 14.9. The third-order valence-electron chi connectivity index (χ3n) is 5.48. The number of carboxylic acid groups (broad SMARTS) is 1. The van der Waals surface area contributed by atoms with Gasteiger partial charge in [0.1, 0.15) is 11.2 Å². The summed E-state index contributed by atoms with van der Waals surface area (Å²) in [4.78, 5) is 35.4. The Hall–Kier alpha value is -3.09. The molecular formula is C23H26NO6-. The van der Waals surface area contributed by atoms with Gasteiger partial charge in [-0.05, 0) is 44.2 Å². The van der Waals surface area contributed by atoms with Crippen LogP contribution in [0.3, 0.4) is 0 Å². The molecule has 160 valence electrons. The maximum absolute atomic E-state index is 12.6. The van der Waals surface area contributed by atoms with E-state index in [1.54, 1.807) is 6.26 Å². The molecule has 0 spiro atoms. The largest absolute Gasteiger partial charge is 0.548 e. The topological polar surface area (TPSA) is 113 Å². The zero-order chi connectivity index (χ0) is 22.4. The van der Waals surface area contributed by atoms with Crippen LogP contribution in [0.5, 0.6) is 0 Å². The van der Waals surface area contributed by atoms with E-state index in [4.69, 9.17) is 8.83 Å². The van der Waals surface area contributed by atoms with E-state index in [1.165, 1.54) is 6.92 Å². The van der Waals surface area contributed by atoms with Gasteiger partial charge in [0.2, 0.25) is 5.91 Å². The molecule has 7 heteroatoms. The van der Waals surface area contributed by atoms with Crippen molar-refractivity contribution in [3.05, 3.63) is 45.0 Å². The Labute approximate surface area is 174 Å². The zero-order valence-electron chi connectivity index (χ0n) is 18.1. The SMILES string of the molecule is Cc1c(CCC(=O)N[C@H](C)C(=O)[O-])c(=O)oc2c(C)c3occ(C(C)(C)C)c3cc12. The van der Waals surface area contributed by atoms with Gasteiger partial charge in [0.15, 0.2) is 0 Å². The standard InChI is InChI=1S/C23H27NO6/c1-11-14(7-8-18(25)24-13(3)21(26)27)22(28)30-20-12(2)19-16(9-15(11)20)17(10-29-19)23(4,5)6/h9-10,13H,7-8H2,1-6H3,(H,24,25)(H,26,27)/p-1/t13-/m1/s1. The molecule has 0 bridgehead atoms. The highest BCUT2D eigenvalue weighted by molar-refractivity contribution is 6.00. The first-order valence-electron chi connectivity index (χ1n) is 9.89. The molecule has 3 aromatic rings. The lowest BCUT2D eigenvalue weighted by Crippen LogP contribution is -2.46. The summed E-state index contributed by atoms with van der Waals surface area (Å²) in [6.07, 6.45) is 1.85. The molecule has 0 fully saturated rings. The van der Waals surface area contributed by atoms with E-state index in [9.17, 15) is 19.5 Å². The van der Waals surface area contributed by atoms with Crippen LogP contribution in [0, 0.1) is 13.8 Å². The summed E-state index contributed by atoms with van der Waals surface area (Å²) in [5.74, 6) is -1.83. The number of hydrogen-bond acceptors (Lipinski definition) is 6. The maximum Gasteiger partial charge on any atom is 0.339 e. The Morgan fingerprint density at radius 3 is 2.40 bits per heavy atom. The Morgan fingerprint density at radius 1 is 1.13 bits per heavy atom. The van der Waals surface area contributed by atoms with Crippen molar-refractivity contribution in [1.82, 2.24) is 5.32 Å². The average Bonchev–Trinajstić information content (AvgIpc) is 3.07. The molecule has 0 aliphatic rings. The van der Waals surface area contributed by atoms with Gasteiger partial charge in [-0.25, -0.2) is 4.79 Å². The van der Waals surface area contributed by atoms with Gasteiger partial charge in [0, 0.05) is 33.9 Å². The lowest BCUT2D eigenvalue weighted by Gasteiger charge is -2.17. The number of furan rings is 1. The molecule has 1 N–H and O–H groups in total. The van der Waals surface area contributed by atoms with Crippen molar-refractivity contribution in [3.63, 3.8) is 0 Å². The molecule has 2 aromatic heterocycles. The molecule has 30 heavy (non-hydrogen) atoms. The Bertz CT molecular complexity index is 1210. The molecule has 3 rings (SSSR count). The van der Waals surface area contributed by atoms with Crippen molar-refractivity contribution < 1.29 is 23.5 Å². The molecule has 0 aliphatic carbocycles. The highest BCUT2D eigenvalue weighted by Gasteiger charge is 2.23. The lowest BCUT2D eigenvalue weighted by atomic mass is 9.86. The zero-order valence-corrected chi connectivity index (χ0v) is 18.1. The summed E-state index contributed by atoms with van der Waals surface area (Å²) in [6.45, 7) is 11.3. The number of rotatable bonds is 5. The van der Waals surface area contributed by atoms with Crippen molar-refractivity contribution in [2.75, 3.05) is 0 Å². The van der Waals surface area contributed by atoms with Gasteiger partial charge < -0.3 is 24.1 Å². The third-order valence-corrected chi connectivity index (χ3v) is 5.48. The first-order valence-corrected chi connectivity index (χ1v) is 9.89. The molecule has 0 unspecified atom stereocenters. The number of carboxylic acids is 1. The summed E-state index contributed by atoms with van der Waals surface area (Å²) >= 11 is 0. The number of fused-ring (bicyclic) bond motifs is 2. The monoisotopic (exact) mass is 412 g/mol. The number of aryl methyl sites for hydroxylation is 2.